The average molecular weight is 455 g/mol. The van der Waals surface area contributed by atoms with Crippen molar-refractivity contribution in [2.75, 3.05) is 36.4 Å². The zero-order chi connectivity index (χ0) is 18.7. The van der Waals surface area contributed by atoms with Gasteiger partial charge in [-0.15, -0.1) is 0 Å². The topological polar surface area (TPSA) is 55.8 Å². The molecule has 1 fully saturated rings. The molecule has 136 valence electrons. The number of hydrogen-bond donors (Lipinski definition) is 2. The number of carbonyl (C=O) groups is 1. The van der Waals surface area contributed by atoms with Gasteiger partial charge in [-0.25, -0.2) is 4.79 Å². The lowest BCUT2D eigenvalue weighted by molar-refractivity contribution is 0.0697. The van der Waals surface area contributed by atoms with Gasteiger partial charge in [-0.2, -0.15) is 0 Å². The summed E-state index contributed by atoms with van der Waals surface area (Å²) in [6.45, 7) is 3.33. The summed E-state index contributed by atoms with van der Waals surface area (Å²) in [4.78, 5) is 15.4. The smallest absolute Gasteiger partial charge is 0.337 e. The molecule has 1 heterocycles. The van der Waals surface area contributed by atoms with Crippen LogP contribution in [0.25, 0.3) is 0 Å². The SMILES string of the molecule is O=C(O)c1ccc(NC(=S)N2CCN(c3ccccc3Br)CC2)cc1Cl. The summed E-state index contributed by atoms with van der Waals surface area (Å²) in [5.41, 5.74) is 1.94. The van der Waals surface area contributed by atoms with E-state index in [0.717, 1.165) is 30.7 Å². The Kier molecular flexibility index (Phi) is 6.01. The minimum absolute atomic E-state index is 0.0742. The second-order valence-corrected chi connectivity index (χ2v) is 7.50. The molecule has 26 heavy (non-hydrogen) atoms. The lowest BCUT2D eigenvalue weighted by Crippen LogP contribution is -2.50. The number of rotatable bonds is 3. The van der Waals surface area contributed by atoms with Gasteiger partial charge in [0.05, 0.1) is 16.3 Å². The number of nitrogens with one attached hydrogen (secondary N) is 1. The van der Waals surface area contributed by atoms with Crippen molar-refractivity contribution in [2.24, 2.45) is 0 Å². The van der Waals surface area contributed by atoms with Crippen molar-refractivity contribution in [3.63, 3.8) is 0 Å². The number of carboxylic acids is 1. The zero-order valence-corrected chi connectivity index (χ0v) is 16.9. The molecule has 0 saturated carbocycles. The molecule has 0 spiro atoms. The largest absolute Gasteiger partial charge is 0.478 e. The van der Waals surface area contributed by atoms with Gasteiger partial charge in [-0.3, -0.25) is 0 Å². The Morgan fingerprint density at radius 2 is 1.85 bits per heavy atom. The van der Waals surface area contributed by atoms with Crippen LogP contribution in [0.1, 0.15) is 10.4 Å². The van der Waals surface area contributed by atoms with Crippen molar-refractivity contribution in [2.45, 2.75) is 0 Å². The Morgan fingerprint density at radius 1 is 1.15 bits per heavy atom. The highest BCUT2D eigenvalue weighted by atomic mass is 79.9. The number of anilines is 2. The molecule has 0 atom stereocenters. The molecule has 5 nitrogen and oxygen atoms in total. The monoisotopic (exact) mass is 453 g/mol. The molecule has 2 aromatic rings. The fourth-order valence-corrected chi connectivity index (χ4v) is 3.92. The molecule has 0 aromatic heterocycles. The molecule has 1 saturated heterocycles. The number of nitrogens with zero attached hydrogens (tertiary/aromatic N) is 2. The van der Waals surface area contributed by atoms with E-state index in [0.29, 0.717) is 10.8 Å². The number of aromatic carboxylic acids is 1. The Morgan fingerprint density at radius 3 is 2.46 bits per heavy atom. The maximum absolute atomic E-state index is 11.0. The maximum atomic E-state index is 11.0. The van der Waals surface area contributed by atoms with Crippen LogP contribution < -0.4 is 10.2 Å². The van der Waals surface area contributed by atoms with Gasteiger partial charge in [-0.1, -0.05) is 23.7 Å². The van der Waals surface area contributed by atoms with E-state index in [1.807, 2.05) is 18.2 Å². The number of hydrogen-bond acceptors (Lipinski definition) is 3. The van der Waals surface area contributed by atoms with Gasteiger partial charge >= 0.3 is 5.97 Å². The molecule has 0 radical (unpaired) electrons. The van der Waals surface area contributed by atoms with E-state index in [1.165, 1.54) is 11.8 Å². The maximum Gasteiger partial charge on any atom is 0.337 e. The third-order valence-corrected chi connectivity index (χ3v) is 5.55. The van der Waals surface area contributed by atoms with Crippen LogP contribution in [0.2, 0.25) is 5.02 Å². The molecular weight excluding hydrogens is 438 g/mol. The van der Waals surface area contributed by atoms with Gasteiger partial charge in [-0.05, 0) is 58.5 Å². The normalized spacial score (nSPS) is 14.2. The van der Waals surface area contributed by atoms with E-state index in [4.69, 9.17) is 28.9 Å². The van der Waals surface area contributed by atoms with E-state index >= 15 is 0 Å². The summed E-state index contributed by atoms with van der Waals surface area (Å²) in [5, 5.41) is 13.0. The first-order chi connectivity index (χ1) is 12.5. The van der Waals surface area contributed by atoms with Crippen molar-refractivity contribution < 1.29 is 9.90 Å². The van der Waals surface area contributed by atoms with E-state index in [1.54, 1.807) is 12.1 Å². The number of piperazine rings is 1. The molecule has 0 aliphatic carbocycles. The standard InChI is InChI=1S/C18H17BrClN3O2S/c19-14-3-1-2-4-16(14)22-7-9-23(10-8-22)18(26)21-12-5-6-13(17(24)25)15(20)11-12/h1-6,11H,7-10H2,(H,21,26)(H,24,25). The quantitative estimate of drug-likeness (QED) is 0.674. The van der Waals surface area contributed by atoms with Crippen molar-refractivity contribution in [3.8, 4) is 0 Å². The Labute approximate surface area is 170 Å². The second-order valence-electron chi connectivity index (χ2n) is 5.86. The average Bonchev–Trinajstić information content (AvgIpc) is 2.62. The molecule has 2 N–H and O–H groups in total. The highest BCUT2D eigenvalue weighted by molar-refractivity contribution is 9.10. The first kappa shape index (κ1) is 18.9. The van der Waals surface area contributed by atoms with Crippen LogP contribution in [0.5, 0.6) is 0 Å². The molecule has 1 aliphatic heterocycles. The summed E-state index contributed by atoms with van der Waals surface area (Å²) >= 11 is 15.1. The van der Waals surface area contributed by atoms with Crippen LogP contribution in [0.15, 0.2) is 46.9 Å². The predicted octanol–water partition coefficient (Wildman–Crippen LogP) is 4.32. The highest BCUT2D eigenvalue weighted by Crippen LogP contribution is 2.27. The van der Waals surface area contributed by atoms with Crippen LogP contribution in [0, 0.1) is 0 Å². The number of benzene rings is 2. The van der Waals surface area contributed by atoms with E-state index < -0.39 is 5.97 Å². The number of carboxylic acid groups (broad SMARTS) is 1. The van der Waals surface area contributed by atoms with Crippen molar-refractivity contribution in [1.82, 2.24) is 4.90 Å². The van der Waals surface area contributed by atoms with Crippen molar-refractivity contribution >= 4 is 62.2 Å². The van der Waals surface area contributed by atoms with Crippen LogP contribution >= 0.6 is 39.7 Å². The fraction of sp³-hybridized carbons (Fsp3) is 0.222. The fourth-order valence-electron chi connectivity index (χ4n) is 2.83. The molecule has 2 aromatic carbocycles. The first-order valence-electron chi connectivity index (χ1n) is 8.04. The summed E-state index contributed by atoms with van der Waals surface area (Å²) < 4.78 is 1.09. The Hall–Kier alpha value is -1.83. The predicted molar refractivity (Wildman–Crippen MR) is 113 cm³/mol. The number of para-hydroxylation sites is 1. The van der Waals surface area contributed by atoms with Gasteiger partial charge in [0.15, 0.2) is 5.11 Å². The highest BCUT2D eigenvalue weighted by Gasteiger charge is 2.20. The molecule has 8 heteroatoms. The van der Waals surface area contributed by atoms with Crippen LogP contribution in [-0.4, -0.2) is 47.3 Å². The molecule has 3 rings (SSSR count). The van der Waals surface area contributed by atoms with Crippen LogP contribution in [-0.2, 0) is 0 Å². The minimum atomic E-state index is -1.05. The van der Waals surface area contributed by atoms with Gasteiger partial charge in [0.2, 0.25) is 0 Å². The minimum Gasteiger partial charge on any atom is -0.478 e. The molecule has 1 aliphatic rings. The third-order valence-electron chi connectivity index (χ3n) is 4.21. The lowest BCUT2D eigenvalue weighted by atomic mass is 10.2. The molecule has 0 bridgehead atoms. The van der Waals surface area contributed by atoms with Gasteiger partial charge in [0, 0.05) is 36.3 Å². The van der Waals surface area contributed by atoms with Crippen molar-refractivity contribution in [1.29, 1.82) is 0 Å². The van der Waals surface area contributed by atoms with Gasteiger partial charge < -0.3 is 20.2 Å². The summed E-state index contributed by atoms with van der Waals surface area (Å²) in [7, 11) is 0. The second kappa shape index (κ2) is 8.24. The molecule has 0 unspecified atom stereocenters. The summed E-state index contributed by atoms with van der Waals surface area (Å²) in [6.07, 6.45) is 0. The number of halogens is 2. The number of thiocarbonyl (C=S) groups is 1. The van der Waals surface area contributed by atoms with Crippen LogP contribution in [0.3, 0.4) is 0 Å². The third kappa shape index (κ3) is 4.28. The van der Waals surface area contributed by atoms with Crippen molar-refractivity contribution in [3.05, 3.63) is 57.5 Å². The Bertz CT molecular complexity index is 841. The van der Waals surface area contributed by atoms with E-state index in [2.05, 4.69) is 37.1 Å². The Balaban J connectivity index is 1.60. The lowest BCUT2D eigenvalue weighted by Gasteiger charge is -2.37. The van der Waals surface area contributed by atoms with Gasteiger partial charge in [0.25, 0.3) is 0 Å². The molecular formula is C18H17BrClN3O2S. The van der Waals surface area contributed by atoms with Crippen LogP contribution in [0.4, 0.5) is 11.4 Å². The molecule has 0 amide bonds. The van der Waals surface area contributed by atoms with Gasteiger partial charge in [0.1, 0.15) is 0 Å². The summed E-state index contributed by atoms with van der Waals surface area (Å²) in [5.74, 6) is -1.05. The van der Waals surface area contributed by atoms with E-state index in [-0.39, 0.29) is 10.6 Å². The zero-order valence-electron chi connectivity index (χ0n) is 13.8. The first-order valence-corrected chi connectivity index (χ1v) is 9.62. The van der Waals surface area contributed by atoms with E-state index in [9.17, 15) is 4.79 Å². The summed E-state index contributed by atoms with van der Waals surface area (Å²) in [6, 6.07) is 12.9.